The van der Waals surface area contributed by atoms with Crippen molar-refractivity contribution in [2.75, 3.05) is 5.32 Å². The normalized spacial score (nSPS) is 16.4. The first-order valence-electron chi connectivity index (χ1n) is 8.71. The van der Waals surface area contributed by atoms with Gasteiger partial charge in [0.2, 0.25) is 5.91 Å². The van der Waals surface area contributed by atoms with Gasteiger partial charge >= 0.3 is 0 Å². The van der Waals surface area contributed by atoms with Gasteiger partial charge in [-0.25, -0.2) is 9.67 Å². The molecule has 1 amide bonds. The molecule has 0 spiro atoms. The summed E-state index contributed by atoms with van der Waals surface area (Å²) in [5.74, 6) is 1.55. The van der Waals surface area contributed by atoms with Crippen LogP contribution in [0.5, 0.6) is 0 Å². The molecular formula is C19H20ClN5O. The van der Waals surface area contributed by atoms with Crippen molar-refractivity contribution in [1.82, 2.24) is 19.7 Å². The Balaban J connectivity index is 1.73. The third kappa shape index (κ3) is 2.90. The summed E-state index contributed by atoms with van der Waals surface area (Å²) in [7, 11) is 0. The molecule has 6 nitrogen and oxygen atoms in total. The summed E-state index contributed by atoms with van der Waals surface area (Å²) in [6.45, 7) is 4.56. The second-order valence-corrected chi connectivity index (χ2v) is 6.96. The fourth-order valence-corrected chi connectivity index (χ4v) is 3.66. The Labute approximate surface area is 156 Å². The van der Waals surface area contributed by atoms with Crippen LogP contribution in [-0.4, -0.2) is 25.7 Å². The lowest BCUT2D eigenvalue weighted by molar-refractivity contribution is -0.116. The van der Waals surface area contributed by atoms with E-state index in [2.05, 4.69) is 22.3 Å². The molecular weight excluding hydrogens is 350 g/mol. The molecule has 1 aromatic carbocycles. The van der Waals surface area contributed by atoms with E-state index in [9.17, 15) is 4.79 Å². The Hall–Kier alpha value is -2.60. The SMILES string of the molecule is CCc1nc([C@@H]2CC(=O)Nc3c2cnn3Cc2ccccc2Cl)c(C)[nH]1. The van der Waals surface area contributed by atoms with Gasteiger partial charge in [0, 0.05) is 35.0 Å². The van der Waals surface area contributed by atoms with Crippen molar-refractivity contribution in [3.63, 3.8) is 0 Å². The molecule has 134 valence electrons. The first-order chi connectivity index (χ1) is 12.6. The molecule has 0 aliphatic carbocycles. The van der Waals surface area contributed by atoms with Crippen LogP contribution in [0.2, 0.25) is 5.02 Å². The fourth-order valence-electron chi connectivity index (χ4n) is 3.47. The molecule has 3 aromatic rings. The number of amides is 1. The number of nitrogens with zero attached hydrogens (tertiary/aromatic N) is 3. The molecule has 7 heteroatoms. The summed E-state index contributed by atoms with van der Waals surface area (Å²) in [5, 5.41) is 8.16. The number of aryl methyl sites for hydroxylation is 2. The lowest BCUT2D eigenvalue weighted by Crippen LogP contribution is -2.25. The summed E-state index contributed by atoms with van der Waals surface area (Å²) in [4.78, 5) is 20.4. The van der Waals surface area contributed by atoms with Gasteiger partial charge in [-0.2, -0.15) is 5.10 Å². The number of anilines is 1. The number of imidazole rings is 1. The Morgan fingerprint density at radius 1 is 1.35 bits per heavy atom. The predicted octanol–water partition coefficient (Wildman–Crippen LogP) is 3.65. The summed E-state index contributed by atoms with van der Waals surface area (Å²) < 4.78 is 1.79. The highest BCUT2D eigenvalue weighted by Crippen LogP contribution is 2.37. The molecule has 4 rings (SSSR count). The number of hydrogen-bond donors (Lipinski definition) is 2. The molecule has 2 N–H and O–H groups in total. The number of nitrogens with one attached hydrogen (secondary N) is 2. The summed E-state index contributed by atoms with van der Waals surface area (Å²) in [5.41, 5.74) is 3.89. The maximum Gasteiger partial charge on any atom is 0.226 e. The van der Waals surface area contributed by atoms with Crippen molar-refractivity contribution in [3.8, 4) is 0 Å². The van der Waals surface area contributed by atoms with Gasteiger partial charge in [0.1, 0.15) is 11.6 Å². The van der Waals surface area contributed by atoms with E-state index in [4.69, 9.17) is 16.6 Å². The Morgan fingerprint density at radius 3 is 2.88 bits per heavy atom. The van der Waals surface area contributed by atoms with Crippen molar-refractivity contribution in [2.45, 2.75) is 39.2 Å². The molecule has 0 saturated heterocycles. The number of hydrogen-bond acceptors (Lipinski definition) is 3. The van der Waals surface area contributed by atoms with Crippen LogP contribution in [0, 0.1) is 6.92 Å². The van der Waals surface area contributed by atoms with E-state index in [0.717, 1.165) is 40.6 Å². The zero-order chi connectivity index (χ0) is 18.3. The maximum absolute atomic E-state index is 12.4. The van der Waals surface area contributed by atoms with Crippen molar-refractivity contribution in [1.29, 1.82) is 0 Å². The second kappa shape index (κ2) is 6.61. The number of rotatable bonds is 4. The summed E-state index contributed by atoms with van der Waals surface area (Å²) >= 11 is 6.27. The highest BCUT2D eigenvalue weighted by Gasteiger charge is 2.32. The van der Waals surface area contributed by atoms with Crippen LogP contribution >= 0.6 is 11.6 Å². The van der Waals surface area contributed by atoms with E-state index >= 15 is 0 Å². The van der Waals surface area contributed by atoms with Crippen LogP contribution in [-0.2, 0) is 17.8 Å². The van der Waals surface area contributed by atoms with Gasteiger partial charge in [0.25, 0.3) is 0 Å². The monoisotopic (exact) mass is 369 g/mol. The molecule has 2 aromatic heterocycles. The van der Waals surface area contributed by atoms with Crippen LogP contribution in [0.15, 0.2) is 30.5 Å². The number of halogens is 1. The number of H-pyrrole nitrogens is 1. The van der Waals surface area contributed by atoms with E-state index in [0.29, 0.717) is 18.0 Å². The van der Waals surface area contributed by atoms with Crippen molar-refractivity contribution in [3.05, 3.63) is 63.8 Å². The van der Waals surface area contributed by atoms with Gasteiger partial charge in [-0.1, -0.05) is 36.7 Å². The Morgan fingerprint density at radius 2 is 2.15 bits per heavy atom. The highest BCUT2D eigenvalue weighted by molar-refractivity contribution is 6.31. The summed E-state index contributed by atoms with van der Waals surface area (Å²) in [6, 6.07) is 7.66. The molecule has 0 bridgehead atoms. The van der Waals surface area contributed by atoms with E-state index in [-0.39, 0.29) is 11.8 Å². The van der Waals surface area contributed by atoms with Crippen LogP contribution in [0.3, 0.4) is 0 Å². The average molecular weight is 370 g/mol. The molecule has 3 heterocycles. The minimum absolute atomic E-state index is 0.0242. The van der Waals surface area contributed by atoms with Crippen LogP contribution in [0.1, 0.15) is 47.6 Å². The number of benzene rings is 1. The smallest absolute Gasteiger partial charge is 0.226 e. The van der Waals surface area contributed by atoms with Crippen molar-refractivity contribution < 1.29 is 4.79 Å². The molecule has 26 heavy (non-hydrogen) atoms. The van der Waals surface area contributed by atoms with Gasteiger partial charge in [0.15, 0.2) is 0 Å². The number of aromatic amines is 1. The maximum atomic E-state index is 12.4. The third-order valence-electron chi connectivity index (χ3n) is 4.80. The Kier molecular flexibility index (Phi) is 4.28. The lowest BCUT2D eigenvalue weighted by Gasteiger charge is -2.23. The van der Waals surface area contributed by atoms with Gasteiger partial charge < -0.3 is 10.3 Å². The molecule has 0 fully saturated rings. The number of fused-ring (bicyclic) bond motifs is 1. The molecule has 1 aliphatic rings. The van der Waals surface area contributed by atoms with Crippen molar-refractivity contribution >= 4 is 23.3 Å². The predicted molar refractivity (Wildman–Crippen MR) is 101 cm³/mol. The van der Waals surface area contributed by atoms with Gasteiger partial charge in [-0.15, -0.1) is 0 Å². The van der Waals surface area contributed by atoms with E-state index in [1.54, 1.807) is 4.68 Å². The first kappa shape index (κ1) is 16.8. The molecule has 1 aliphatic heterocycles. The zero-order valence-corrected chi connectivity index (χ0v) is 15.5. The lowest BCUT2D eigenvalue weighted by atomic mass is 9.90. The molecule has 0 saturated carbocycles. The number of aromatic nitrogens is 4. The minimum Gasteiger partial charge on any atom is -0.346 e. The Bertz CT molecular complexity index is 974. The largest absolute Gasteiger partial charge is 0.346 e. The van der Waals surface area contributed by atoms with Gasteiger partial charge in [-0.05, 0) is 18.6 Å². The van der Waals surface area contributed by atoms with Crippen molar-refractivity contribution in [2.24, 2.45) is 0 Å². The molecule has 1 atom stereocenters. The quantitative estimate of drug-likeness (QED) is 0.737. The second-order valence-electron chi connectivity index (χ2n) is 6.55. The topological polar surface area (TPSA) is 75.6 Å². The molecule has 0 radical (unpaired) electrons. The minimum atomic E-state index is -0.0877. The summed E-state index contributed by atoms with van der Waals surface area (Å²) in [6.07, 6.45) is 3.04. The molecule has 0 unspecified atom stereocenters. The van der Waals surface area contributed by atoms with E-state index in [1.165, 1.54) is 0 Å². The number of carbonyl (C=O) groups excluding carboxylic acids is 1. The van der Waals surface area contributed by atoms with Crippen LogP contribution in [0.4, 0.5) is 5.82 Å². The standard InChI is InChI=1S/C19H20ClN5O/c1-3-16-22-11(2)18(23-16)13-8-17(26)24-19-14(13)9-21-25(19)10-12-6-4-5-7-15(12)20/h4-7,9,13H,3,8,10H2,1-2H3,(H,22,23)(H,24,26)/t13-/m1/s1. The van der Waals surface area contributed by atoms with Crippen LogP contribution in [0.25, 0.3) is 0 Å². The third-order valence-corrected chi connectivity index (χ3v) is 5.17. The number of carbonyl (C=O) groups is 1. The van der Waals surface area contributed by atoms with E-state index in [1.807, 2.05) is 37.4 Å². The highest BCUT2D eigenvalue weighted by atomic mass is 35.5. The fraction of sp³-hybridized carbons (Fsp3) is 0.316. The zero-order valence-electron chi connectivity index (χ0n) is 14.7. The van der Waals surface area contributed by atoms with Crippen LogP contribution < -0.4 is 5.32 Å². The van der Waals surface area contributed by atoms with Gasteiger partial charge in [0.05, 0.1) is 18.4 Å². The van der Waals surface area contributed by atoms with E-state index < -0.39 is 0 Å². The first-order valence-corrected chi connectivity index (χ1v) is 9.09. The van der Waals surface area contributed by atoms with Gasteiger partial charge in [-0.3, -0.25) is 4.79 Å². The average Bonchev–Trinajstić information content (AvgIpc) is 3.20.